The van der Waals surface area contributed by atoms with Crippen molar-refractivity contribution in [1.29, 1.82) is 0 Å². The van der Waals surface area contributed by atoms with Gasteiger partial charge in [-0.2, -0.15) is 0 Å². The molecule has 1 aromatic carbocycles. The molecule has 3 heteroatoms. The van der Waals surface area contributed by atoms with E-state index in [1.54, 1.807) is 6.07 Å². The van der Waals surface area contributed by atoms with Crippen molar-refractivity contribution in [1.82, 2.24) is 0 Å². The Morgan fingerprint density at radius 1 is 1.50 bits per heavy atom. The van der Waals surface area contributed by atoms with Gasteiger partial charge >= 0.3 is 0 Å². The van der Waals surface area contributed by atoms with Crippen molar-refractivity contribution in [2.75, 3.05) is 0 Å². The summed E-state index contributed by atoms with van der Waals surface area (Å²) in [7, 11) is 0. The van der Waals surface area contributed by atoms with Crippen LogP contribution >= 0.6 is 0 Å². The molecule has 2 N–H and O–H groups in total. The first-order valence-electron chi connectivity index (χ1n) is 5.66. The second kappa shape index (κ2) is 3.74. The standard InChI is InChI=1S/C13H18FNO/c1-8(2)13(3)7-11(15)10-6-9(14)4-5-12(10)16-13/h4-6,8,11H,7,15H2,1-3H3. The fraction of sp³-hybridized carbons (Fsp3) is 0.538. The van der Waals surface area contributed by atoms with Crippen LogP contribution in [0.5, 0.6) is 5.75 Å². The van der Waals surface area contributed by atoms with Gasteiger partial charge in [-0.25, -0.2) is 4.39 Å². The van der Waals surface area contributed by atoms with Crippen molar-refractivity contribution in [2.45, 2.75) is 38.8 Å². The van der Waals surface area contributed by atoms with Gasteiger partial charge < -0.3 is 10.5 Å². The minimum Gasteiger partial charge on any atom is -0.487 e. The number of ether oxygens (including phenoxy) is 1. The van der Waals surface area contributed by atoms with Crippen LogP contribution in [0.15, 0.2) is 18.2 Å². The summed E-state index contributed by atoms with van der Waals surface area (Å²) in [4.78, 5) is 0. The van der Waals surface area contributed by atoms with Crippen LogP contribution < -0.4 is 10.5 Å². The Morgan fingerprint density at radius 3 is 2.81 bits per heavy atom. The summed E-state index contributed by atoms with van der Waals surface area (Å²) in [6, 6.07) is 4.41. The third kappa shape index (κ3) is 1.80. The van der Waals surface area contributed by atoms with Crippen molar-refractivity contribution in [3.05, 3.63) is 29.6 Å². The number of benzene rings is 1. The molecule has 2 atom stereocenters. The van der Waals surface area contributed by atoms with Crippen molar-refractivity contribution >= 4 is 0 Å². The monoisotopic (exact) mass is 223 g/mol. The Hall–Kier alpha value is -1.09. The van der Waals surface area contributed by atoms with E-state index in [4.69, 9.17) is 10.5 Å². The molecule has 0 spiro atoms. The largest absolute Gasteiger partial charge is 0.487 e. The first kappa shape index (κ1) is 11.4. The van der Waals surface area contributed by atoms with E-state index < -0.39 is 0 Å². The third-order valence-corrected chi connectivity index (χ3v) is 3.56. The molecule has 0 saturated heterocycles. The summed E-state index contributed by atoms with van der Waals surface area (Å²) >= 11 is 0. The van der Waals surface area contributed by atoms with Crippen LogP contribution in [0.2, 0.25) is 0 Å². The van der Waals surface area contributed by atoms with Crippen LogP contribution in [0.1, 0.15) is 38.8 Å². The second-order valence-electron chi connectivity index (χ2n) is 5.06. The number of hydrogen-bond acceptors (Lipinski definition) is 2. The van der Waals surface area contributed by atoms with E-state index in [0.717, 1.165) is 17.7 Å². The summed E-state index contributed by atoms with van der Waals surface area (Å²) in [6.07, 6.45) is 0.723. The van der Waals surface area contributed by atoms with Crippen LogP contribution in [-0.2, 0) is 0 Å². The Balaban J connectivity index is 2.40. The zero-order chi connectivity index (χ0) is 11.9. The molecule has 0 aliphatic carbocycles. The summed E-state index contributed by atoms with van der Waals surface area (Å²) in [5.74, 6) is 0.832. The van der Waals surface area contributed by atoms with Gasteiger partial charge in [-0.1, -0.05) is 13.8 Å². The fourth-order valence-corrected chi connectivity index (χ4v) is 2.10. The van der Waals surface area contributed by atoms with Gasteiger partial charge in [0.2, 0.25) is 0 Å². The molecule has 0 amide bonds. The Kier molecular flexibility index (Phi) is 2.66. The van der Waals surface area contributed by atoms with Crippen molar-refractivity contribution in [3.63, 3.8) is 0 Å². The van der Waals surface area contributed by atoms with E-state index in [1.807, 2.05) is 0 Å². The van der Waals surface area contributed by atoms with Crippen LogP contribution in [0, 0.1) is 11.7 Å². The van der Waals surface area contributed by atoms with Gasteiger partial charge in [0.05, 0.1) is 0 Å². The van der Waals surface area contributed by atoms with Gasteiger partial charge in [0.15, 0.2) is 0 Å². The van der Waals surface area contributed by atoms with Gasteiger partial charge in [0.1, 0.15) is 17.2 Å². The minimum absolute atomic E-state index is 0.146. The van der Waals surface area contributed by atoms with E-state index >= 15 is 0 Å². The van der Waals surface area contributed by atoms with E-state index in [0.29, 0.717) is 5.92 Å². The lowest BCUT2D eigenvalue weighted by atomic mass is 9.81. The van der Waals surface area contributed by atoms with E-state index in [9.17, 15) is 4.39 Å². The predicted octanol–water partition coefficient (Wildman–Crippen LogP) is 3.02. The minimum atomic E-state index is -0.260. The molecule has 2 nitrogen and oxygen atoms in total. The topological polar surface area (TPSA) is 35.2 Å². The van der Waals surface area contributed by atoms with Crippen molar-refractivity contribution in [3.8, 4) is 5.75 Å². The van der Waals surface area contributed by atoms with Gasteiger partial charge in [-0.15, -0.1) is 0 Å². The summed E-state index contributed by atoms with van der Waals surface area (Å²) < 4.78 is 19.1. The van der Waals surface area contributed by atoms with Crippen molar-refractivity contribution in [2.24, 2.45) is 11.7 Å². The Bertz CT molecular complexity index is 405. The predicted molar refractivity (Wildman–Crippen MR) is 61.8 cm³/mol. The lowest BCUT2D eigenvalue weighted by Gasteiger charge is -2.41. The van der Waals surface area contributed by atoms with E-state index in [2.05, 4.69) is 20.8 Å². The second-order valence-corrected chi connectivity index (χ2v) is 5.06. The van der Waals surface area contributed by atoms with Crippen LogP contribution in [0.25, 0.3) is 0 Å². The molecule has 1 aliphatic heterocycles. The zero-order valence-corrected chi connectivity index (χ0v) is 9.96. The molecule has 0 aromatic heterocycles. The number of nitrogens with two attached hydrogens (primary N) is 1. The number of fused-ring (bicyclic) bond motifs is 1. The highest BCUT2D eigenvalue weighted by atomic mass is 19.1. The summed E-state index contributed by atoms with van der Waals surface area (Å²) in [6.45, 7) is 6.28. The van der Waals surface area contributed by atoms with Gasteiger partial charge in [-0.3, -0.25) is 0 Å². The first-order chi connectivity index (χ1) is 7.42. The molecule has 1 heterocycles. The Labute approximate surface area is 95.6 Å². The maximum Gasteiger partial charge on any atom is 0.125 e. The smallest absolute Gasteiger partial charge is 0.125 e. The molecule has 0 radical (unpaired) electrons. The van der Waals surface area contributed by atoms with Crippen LogP contribution in [0.3, 0.4) is 0 Å². The zero-order valence-electron chi connectivity index (χ0n) is 9.96. The first-order valence-corrected chi connectivity index (χ1v) is 5.66. The molecule has 1 aromatic rings. The van der Waals surface area contributed by atoms with Gasteiger partial charge in [-0.05, 0) is 31.0 Å². The molecule has 0 saturated carbocycles. The maximum absolute atomic E-state index is 13.1. The van der Waals surface area contributed by atoms with Crippen LogP contribution in [0.4, 0.5) is 4.39 Å². The highest BCUT2D eigenvalue weighted by Crippen LogP contribution is 2.41. The van der Waals surface area contributed by atoms with Crippen LogP contribution in [-0.4, -0.2) is 5.60 Å². The molecular formula is C13H18FNO. The molecule has 0 fully saturated rings. The highest BCUT2D eigenvalue weighted by molar-refractivity contribution is 5.39. The maximum atomic E-state index is 13.1. The molecule has 0 bridgehead atoms. The average molecular weight is 223 g/mol. The number of halogens is 1. The number of hydrogen-bond donors (Lipinski definition) is 1. The molecule has 2 unspecified atom stereocenters. The lowest BCUT2D eigenvalue weighted by Crippen LogP contribution is -2.44. The molecule has 2 rings (SSSR count). The summed E-state index contributed by atoms with van der Waals surface area (Å²) in [5.41, 5.74) is 6.60. The van der Waals surface area contributed by atoms with E-state index in [1.165, 1.54) is 12.1 Å². The molecular weight excluding hydrogens is 205 g/mol. The van der Waals surface area contributed by atoms with Crippen molar-refractivity contribution < 1.29 is 9.13 Å². The highest BCUT2D eigenvalue weighted by Gasteiger charge is 2.38. The SMILES string of the molecule is CC(C)C1(C)CC(N)c2cc(F)ccc2O1. The quantitative estimate of drug-likeness (QED) is 0.794. The Morgan fingerprint density at radius 2 is 2.19 bits per heavy atom. The molecule has 1 aliphatic rings. The summed E-state index contributed by atoms with van der Waals surface area (Å²) in [5, 5.41) is 0. The normalized spacial score (nSPS) is 28.8. The third-order valence-electron chi connectivity index (χ3n) is 3.56. The molecule has 88 valence electrons. The molecule has 16 heavy (non-hydrogen) atoms. The van der Waals surface area contributed by atoms with E-state index in [-0.39, 0.29) is 17.5 Å². The number of rotatable bonds is 1. The van der Waals surface area contributed by atoms with Gasteiger partial charge in [0, 0.05) is 18.0 Å². The van der Waals surface area contributed by atoms with Gasteiger partial charge in [0.25, 0.3) is 0 Å². The fourth-order valence-electron chi connectivity index (χ4n) is 2.10. The lowest BCUT2D eigenvalue weighted by molar-refractivity contribution is 0.0106. The average Bonchev–Trinajstić information content (AvgIpc) is 2.19.